The van der Waals surface area contributed by atoms with Gasteiger partial charge in [-0.3, -0.25) is 14.9 Å². The molecule has 0 fully saturated rings. The quantitative estimate of drug-likeness (QED) is 0.489. The smallest absolute Gasteiger partial charge is 0.358 e. The van der Waals surface area contributed by atoms with Crippen molar-refractivity contribution in [2.24, 2.45) is 0 Å². The van der Waals surface area contributed by atoms with E-state index in [1.165, 1.54) is 35.1 Å². The molecule has 0 saturated heterocycles. The Kier molecular flexibility index (Phi) is 5.14. The molecule has 1 N–H and O–H groups in total. The molecule has 3 rings (SSSR count). The SMILES string of the molecule is O=C(Nc1cc([N+](=O)[O-])ccc1Cl)c1cc(Cn2ccc([N+](=O)[O-])n2)cs1. The second-order valence-electron chi connectivity index (χ2n) is 5.32. The molecule has 0 unspecified atom stereocenters. The highest BCUT2D eigenvalue weighted by Crippen LogP contribution is 2.28. The number of halogens is 1. The topological polar surface area (TPSA) is 133 Å². The van der Waals surface area contributed by atoms with E-state index in [9.17, 15) is 25.0 Å². The van der Waals surface area contributed by atoms with Crippen LogP contribution in [0.3, 0.4) is 0 Å². The number of benzene rings is 1. The largest absolute Gasteiger partial charge is 0.389 e. The van der Waals surface area contributed by atoms with Crippen molar-refractivity contribution in [1.82, 2.24) is 9.78 Å². The van der Waals surface area contributed by atoms with Gasteiger partial charge in [-0.2, -0.15) is 4.68 Å². The van der Waals surface area contributed by atoms with Crippen LogP contribution in [-0.2, 0) is 6.54 Å². The van der Waals surface area contributed by atoms with E-state index in [0.29, 0.717) is 4.88 Å². The first-order valence-electron chi connectivity index (χ1n) is 7.34. The van der Waals surface area contributed by atoms with Crippen LogP contribution in [0.5, 0.6) is 0 Å². The molecule has 10 nitrogen and oxygen atoms in total. The van der Waals surface area contributed by atoms with Crippen molar-refractivity contribution >= 4 is 46.0 Å². The predicted octanol–water partition coefficient (Wildman–Crippen LogP) is 3.72. The van der Waals surface area contributed by atoms with Gasteiger partial charge in [0.15, 0.2) is 0 Å². The number of nitrogens with zero attached hydrogens (tertiary/aromatic N) is 4. The first-order valence-corrected chi connectivity index (χ1v) is 8.60. The maximum atomic E-state index is 12.4. The summed E-state index contributed by atoms with van der Waals surface area (Å²) in [6.07, 6.45) is 1.47. The molecule has 0 saturated carbocycles. The summed E-state index contributed by atoms with van der Waals surface area (Å²) in [5.41, 5.74) is 0.670. The van der Waals surface area contributed by atoms with Gasteiger partial charge in [0.1, 0.15) is 0 Å². The summed E-state index contributed by atoms with van der Waals surface area (Å²) in [5.74, 6) is -0.733. The van der Waals surface area contributed by atoms with E-state index >= 15 is 0 Å². The number of hydrogen-bond acceptors (Lipinski definition) is 7. The Hall–Kier alpha value is -3.31. The molecule has 0 aliphatic rings. The minimum absolute atomic E-state index is 0.133. The number of nitro groups is 2. The normalized spacial score (nSPS) is 10.6. The van der Waals surface area contributed by atoms with Crippen LogP contribution in [0.15, 0.2) is 41.9 Å². The summed E-state index contributed by atoms with van der Waals surface area (Å²) in [7, 11) is 0. The van der Waals surface area contributed by atoms with Crippen LogP contribution in [0.4, 0.5) is 17.2 Å². The summed E-state index contributed by atoms with van der Waals surface area (Å²) >= 11 is 7.13. The van der Waals surface area contributed by atoms with E-state index < -0.39 is 15.8 Å². The predicted molar refractivity (Wildman–Crippen MR) is 98.4 cm³/mol. The molecule has 0 atom stereocenters. The Morgan fingerprint density at radius 2 is 2.00 bits per heavy atom. The van der Waals surface area contributed by atoms with Gasteiger partial charge in [0.25, 0.3) is 11.6 Å². The molecule has 0 aliphatic heterocycles. The van der Waals surface area contributed by atoms with Crippen molar-refractivity contribution in [3.63, 3.8) is 0 Å². The Morgan fingerprint density at radius 1 is 1.22 bits per heavy atom. The van der Waals surface area contributed by atoms with Crippen molar-refractivity contribution < 1.29 is 14.6 Å². The zero-order valence-electron chi connectivity index (χ0n) is 13.4. The average Bonchev–Trinajstić information content (AvgIpc) is 3.26. The van der Waals surface area contributed by atoms with Gasteiger partial charge in [-0.25, -0.2) is 0 Å². The molecule has 1 amide bonds. The number of hydrogen-bond donors (Lipinski definition) is 1. The van der Waals surface area contributed by atoms with Gasteiger partial charge in [0, 0.05) is 12.1 Å². The number of amides is 1. The van der Waals surface area contributed by atoms with Crippen LogP contribution in [0.1, 0.15) is 15.2 Å². The molecule has 12 heteroatoms. The zero-order chi connectivity index (χ0) is 19.6. The fourth-order valence-corrected chi connectivity index (χ4v) is 3.17. The van der Waals surface area contributed by atoms with Crippen molar-refractivity contribution in [2.75, 3.05) is 5.32 Å². The lowest BCUT2D eigenvalue weighted by molar-refractivity contribution is -0.389. The number of non-ortho nitro benzene ring substituents is 1. The van der Waals surface area contributed by atoms with Crippen LogP contribution in [0.2, 0.25) is 5.02 Å². The first-order chi connectivity index (χ1) is 12.8. The Bertz CT molecular complexity index is 1050. The van der Waals surface area contributed by atoms with Gasteiger partial charge in [0.05, 0.1) is 44.4 Å². The molecule has 2 aromatic heterocycles. The van der Waals surface area contributed by atoms with Crippen molar-refractivity contribution in [2.45, 2.75) is 6.54 Å². The fourth-order valence-electron chi connectivity index (χ4n) is 2.21. The third-order valence-electron chi connectivity index (χ3n) is 3.44. The van der Waals surface area contributed by atoms with Crippen LogP contribution >= 0.6 is 22.9 Å². The van der Waals surface area contributed by atoms with Crippen molar-refractivity contribution in [3.05, 3.63) is 77.6 Å². The molecular formula is C15H10ClN5O5S. The highest BCUT2D eigenvalue weighted by atomic mass is 35.5. The third-order valence-corrected chi connectivity index (χ3v) is 4.75. The first kappa shape index (κ1) is 18.5. The monoisotopic (exact) mass is 407 g/mol. The summed E-state index contributed by atoms with van der Waals surface area (Å²) in [5, 5.41) is 29.7. The molecule has 0 spiro atoms. The van der Waals surface area contributed by atoms with Crippen LogP contribution in [0.25, 0.3) is 0 Å². The third kappa shape index (κ3) is 4.27. The molecule has 0 bridgehead atoms. The lowest BCUT2D eigenvalue weighted by atomic mass is 10.2. The molecule has 0 radical (unpaired) electrons. The van der Waals surface area contributed by atoms with E-state index in [1.807, 2.05) is 0 Å². The molecule has 138 valence electrons. The van der Waals surface area contributed by atoms with E-state index in [-0.39, 0.29) is 28.8 Å². The number of nitrogens with one attached hydrogen (secondary N) is 1. The molecular weight excluding hydrogens is 398 g/mol. The van der Waals surface area contributed by atoms with E-state index in [1.54, 1.807) is 11.4 Å². The molecule has 2 heterocycles. The highest BCUT2D eigenvalue weighted by Gasteiger charge is 2.16. The number of nitro benzene ring substituents is 1. The summed E-state index contributed by atoms with van der Waals surface area (Å²) in [6, 6.07) is 6.64. The van der Waals surface area contributed by atoms with Gasteiger partial charge in [0.2, 0.25) is 0 Å². The van der Waals surface area contributed by atoms with Gasteiger partial charge in [-0.05, 0) is 28.0 Å². The average molecular weight is 408 g/mol. The number of anilines is 1. The summed E-state index contributed by atoms with van der Waals surface area (Å²) in [6.45, 7) is 0.259. The second kappa shape index (κ2) is 7.51. The summed E-state index contributed by atoms with van der Waals surface area (Å²) in [4.78, 5) is 33.0. The van der Waals surface area contributed by atoms with Crippen LogP contribution < -0.4 is 5.32 Å². The second-order valence-corrected chi connectivity index (χ2v) is 6.64. The Labute approximate surface area is 160 Å². The zero-order valence-corrected chi connectivity index (χ0v) is 14.9. The number of carbonyl (C=O) groups excluding carboxylic acids is 1. The fraction of sp³-hybridized carbons (Fsp3) is 0.0667. The number of aromatic nitrogens is 2. The maximum Gasteiger partial charge on any atom is 0.389 e. The van der Waals surface area contributed by atoms with E-state index in [0.717, 1.165) is 16.9 Å². The number of thiophene rings is 1. The Morgan fingerprint density at radius 3 is 2.67 bits per heavy atom. The van der Waals surface area contributed by atoms with Crippen LogP contribution in [-0.4, -0.2) is 25.5 Å². The minimum Gasteiger partial charge on any atom is -0.358 e. The molecule has 0 aliphatic carbocycles. The number of carbonyl (C=O) groups is 1. The van der Waals surface area contributed by atoms with E-state index in [2.05, 4.69) is 10.4 Å². The van der Waals surface area contributed by atoms with Gasteiger partial charge < -0.3 is 15.4 Å². The van der Waals surface area contributed by atoms with E-state index in [4.69, 9.17) is 11.6 Å². The lowest BCUT2D eigenvalue weighted by Crippen LogP contribution is -2.11. The van der Waals surface area contributed by atoms with Crippen molar-refractivity contribution in [3.8, 4) is 0 Å². The van der Waals surface area contributed by atoms with Gasteiger partial charge in [-0.1, -0.05) is 11.6 Å². The maximum absolute atomic E-state index is 12.4. The van der Waals surface area contributed by atoms with Gasteiger partial charge in [-0.15, -0.1) is 11.3 Å². The molecule has 3 aromatic rings. The Balaban J connectivity index is 1.72. The standard InChI is InChI=1S/C15H10ClN5O5S/c16-11-2-1-10(20(23)24)6-12(11)17-15(22)13-5-9(8-27-13)7-19-4-3-14(18-19)21(25)26/h1-6,8H,7H2,(H,17,22). The van der Waals surface area contributed by atoms with Crippen LogP contribution in [0, 0.1) is 20.2 Å². The van der Waals surface area contributed by atoms with Crippen molar-refractivity contribution in [1.29, 1.82) is 0 Å². The molecule has 27 heavy (non-hydrogen) atoms. The number of rotatable bonds is 6. The summed E-state index contributed by atoms with van der Waals surface area (Å²) < 4.78 is 1.39. The molecule has 1 aromatic carbocycles. The highest BCUT2D eigenvalue weighted by molar-refractivity contribution is 7.12. The lowest BCUT2D eigenvalue weighted by Gasteiger charge is -2.05. The van der Waals surface area contributed by atoms with Gasteiger partial charge >= 0.3 is 5.82 Å². The minimum atomic E-state index is -0.591.